The summed E-state index contributed by atoms with van der Waals surface area (Å²) in [5, 5.41) is 18.8. The molecule has 7 nitrogen and oxygen atoms in total. The average molecular weight is 641 g/mol. The van der Waals surface area contributed by atoms with Gasteiger partial charge in [-0.25, -0.2) is 8.42 Å². The Hall–Kier alpha value is 1.68. The molecule has 0 spiro atoms. The molecule has 0 aromatic heterocycles. The number of carbonyl (C=O) groups is 1. The molecule has 0 aliphatic carbocycles. The van der Waals surface area contributed by atoms with E-state index < -0.39 is 16.4 Å². The standard InChI is InChI=1S/C18H34O2.C13H28O.K.Na.H2O4S/c1-2-3-4-5-6-7-8-9-10-11-12-13-14-15-16-17-18(19)20;1-2-3-4-5-6-7-8-9-10-11-12-13-14;;;1-5(2,3)4/h9-10H,2-8,11-17H2,1H3,(H,19,20);14H,2-13H2,1H3;;;(H2,1,2,3,4)/q;;2*+1;/p-2/b10-9-;;;;. The van der Waals surface area contributed by atoms with Crippen LogP contribution in [0.5, 0.6) is 0 Å². The van der Waals surface area contributed by atoms with Crippen LogP contribution in [0.3, 0.4) is 0 Å². The van der Waals surface area contributed by atoms with Crippen molar-refractivity contribution in [1.29, 1.82) is 0 Å². The molecule has 0 heterocycles. The number of allylic oxidation sites excluding steroid dienone is 2. The fraction of sp³-hybridized carbons (Fsp3) is 0.903. The molecular weight excluding hydrogens is 578 g/mol. The normalized spacial score (nSPS) is 10.6. The summed E-state index contributed by atoms with van der Waals surface area (Å²) in [5.74, 6) is -0.914. The van der Waals surface area contributed by atoms with Crippen LogP contribution in [0.15, 0.2) is 12.2 Å². The molecule has 0 radical (unpaired) electrons. The van der Waals surface area contributed by atoms with Crippen molar-refractivity contribution in [2.24, 2.45) is 0 Å². The van der Waals surface area contributed by atoms with E-state index in [0.29, 0.717) is 6.61 Å². The molecule has 0 fully saturated rings. The van der Waals surface area contributed by atoms with Crippen LogP contribution >= 0.6 is 0 Å². The van der Waals surface area contributed by atoms with E-state index in [1.165, 1.54) is 128 Å². The first-order valence-electron chi connectivity index (χ1n) is 15.8. The van der Waals surface area contributed by atoms with Crippen molar-refractivity contribution >= 4 is 16.4 Å². The molecule has 0 rings (SSSR count). The van der Waals surface area contributed by atoms with Gasteiger partial charge < -0.3 is 19.6 Å². The van der Waals surface area contributed by atoms with Gasteiger partial charge in [-0.15, -0.1) is 0 Å². The molecule has 236 valence electrons. The number of carboxylic acids is 1. The van der Waals surface area contributed by atoms with E-state index in [1.54, 1.807) is 0 Å². The predicted octanol–water partition coefficient (Wildman–Crippen LogP) is 2.08. The first kappa shape index (κ1) is 52.2. The molecular formula is C31H62KNaO7S. The quantitative estimate of drug-likeness (QED) is 0.0486. The predicted molar refractivity (Wildman–Crippen MR) is 160 cm³/mol. The van der Waals surface area contributed by atoms with Gasteiger partial charge in [0.25, 0.3) is 0 Å². The Morgan fingerprint density at radius 1 is 0.610 bits per heavy atom. The van der Waals surface area contributed by atoms with E-state index in [1.807, 2.05) is 0 Å². The number of aliphatic hydroxyl groups is 1. The van der Waals surface area contributed by atoms with Gasteiger partial charge in [-0.3, -0.25) is 4.55 Å². The van der Waals surface area contributed by atoms with Gasteiger partial charge in [-0.1, -0.05) is 142 Å². The van der Waals surface area contributed by atoms with Gasteiger partial charge in [0.1, 0.15) is 0 Å². The molecule has 0 saturated carbocycles. The van der Waals surface area contributed by atoms with Gasteiger partial charge in [-0.2, -0.15) is 0 Å². The fourth-order valence-electron chi connectivity index (χ4n) is 4.12. The molecule has 0 saturated heterocycles. The number of hydrogen-bond acceptors (Lipinski definition) is 6. The Kier molecular flexibility index (Phi) is 58.7. The molecule has 0 amide bonds. The van der Waals surface area contributed by atoms with E-state index in [9.17, 15) is 9.90 Å². The van der Waals surface area contributed by atoms with Gasteiger partial charge in [0.15, 0.2) is 0 Å². The van der Waals surface area contributed by atoms with Crippen LogP contribution in [-0.4, -0.2) is 35.2 Å². The van der Waals surface area contributed by atoms with Crippen LogP contribution in [0.4, 0.5) is 0 Å². The van der Waals surface area contributed by atoms with Crippen LogP contribution in [0.1, 0.15) is 174 Å². The molecule has 0 bridgehead atoms. The second kappa shape index (κ2) is 46.1. The summed E-state index contributed by atoms with van der Waals surface area (Å²) >= 11 is 0. The number of unbranched alkanes of at least 4 members (excludes halogenated alkanes) is 21. The van der Waals surface area contributed by atoms with Crippen molar-refractivity contribution in [1.82, 2.24) is 0 Å². The van der Waals surface area contributed by atoms with Crippen molar-refractivity contribution in [3.63, 3.8) is 0 Å². The maximum absolute atomic E-state index is 10.2. The molecule has 0 unspecified atom stereocenters. The van der Waals surface area contributed by atoms with Gasteiger partial charge >= 0.3 is 80.9 Å². The fourth-order valence-corrected chi connectivity index (χ4v) is 4.12. The zero-order valence-corrected chi connectivity index (χ0v) is 33.3. The zero-order valence-electron chi connectivity index (χ0n) is 27.4. The SMILES string of the molecule is CCCCCCCC/C=C\CCCCCCCC(=O)[O-].CCCCCCCCCCCCCO.O=S(=O)([O-])O.[K+].[Na+]. The van der Waals surface area contributed by atoms with Gasteiger partial charge in [-0.05, 0) is 44.9 Å². The van der Waals surface area contributed by atoms with Gasteiger partial charge in [0, 0.05) is 12.6 Å². The summed E-state index contributed by atoms with van der Waals surface area (Å²) in [6.45, 7) is 4.89. The Morgan fingerprint density at radius 3 is 1.17 bits per heavy atom. The molecule has 0 atom stereocenters. The number of carboxylic acid groups (broad SMARTS) is 1. The Morgan fingerprint density at radius 2 is 0.878 bits per heavy atom. The molecule has 41 heavy (non-hydrogen) atoms. The Balaban J connectivity index is -0.000000180. The smallest absolute Gasteiger partial charge is 0.726 e. The van der Waals surface area contributed by atoms with Crippen LogP contribution in [-0.2, 0) is 15.2 Å². The number of carbonyl (C=O) groups excluding carboxylic acids is 1. The summed E-state index contributed by atoms with van der Waals surface area (Å²) in [4.78, 5) is 10.2. The first-order chi connectivity index (χ1) is 18.7. The minimum absolute atomic E-state index is 0. The number of rotatable bonds is 26. The number of hydrogen-bond donors (Lipinski definition) is 2. The summed E-state index contributed by atoms with van der Waals surface area (Å²) in [6.07, 6.45) is 35.7. The zero-order chi connectivity index (χ0) is 29.9. The third-order valence-corrected chi connectivity index (χ3v) is 6.40. The van der Waals surface area contributed by atoms with E-state index in [2.05, 4.69) is 26.0 Å². The average Bonchev–Trinajstić information content (AvgIpc) is 2.87. The number of aliphatic hydroxyl groups excluding tert-OH is 1. The van der Waals surface area contributed by atoms with Crippen LogP contribution in [0.2, 0.25) is 0 Å². The van der Waals surface area contributed by atoms with Gasteiger partial charge in [0.2, 0.25) is 10.4 Å². The number of aliphatic carboxylic acids is 1. The van der Waals surface area contributed by atoms with Crippen molar-refractivity contribution in [2.75, 3.05) is 6.61 Å². The topological polar surface area (TPSA) is 138 Å². The summed E-state index contributed by atoms with van der Waals surface area (Å²) in [7, 11) is -4.92. The molecule has 0 aromatic carbocycles. The van der Waals surface area contributed by atoms with E-state index in [-0.39, 0.29) is 87.4 Å². The van der Waals surface area contributed by atoms with Gasteiger partial charge in [0.05, 0.1) is 0 Å². The third-order valence-electron chi connectivity index (χ3n) is 6.40. The second-order valence-electron chi connectivity index (χ2n) is 10.4. The minimum Gasteiger partial charge on any atom is -0.726 e. The third kappa shape index (κ3) is 74.5. The van der Waals surface area contributed by atoms with Crippen LogP contribution < -0.4 is 86.0 Å². The summed E-state index contributed by atoms with van der Waals surface area (Å²) in [6, 6.07) is 0. The molecule has 0 aliphatic rings. The van der Waals surface area contributed by atoms with E-state index in [4.69, 9.17) is 22.6 Å². The van der Waals surface area contributed by atoms with Crippen molar-refractivity contribution < 1.29 is 113 Å². The Labute approximate surface area is 319 Å². The van der Waals surface area contributed by atoms with Crippen molar-refractivity contribution in [3.05, 3.63) is 12.2 Å². The maximum Gasteiger partial charge on any atom is 1.00 e. The van der Waals surface area contributed by atoms with Crippen LogP contribution in [0, 0.1) is 0 Å². The molecule has 0 aliphatic heterocycles. The van der Waals surface area contributed by atoms with Crippen molar-refractivity contribution in [3.8, 4) is 0 Å². The second-order valence-corrected chi connectivity index (χ2v) is 11.2. The molecule has 2 N–H and O–H groups in total. The molecule has 10 heteroatoms. The first-order valence-corrected chi connectivity index (χ1v) is 17.2. The molecule has 0 aromatic rings. The van der Waals surface area contributed by atoms with E-state index in [0.717, 1.165) is 25.7 Å². The van der Waals surface area contributed by atoms with E-state index >= 15 is 0 Å². The monoisotopic (exact) mass is 640 g/mol. The summed E-state index contributed by atoms with van der Waals surface area (Å²) in [5.41, 5.74) is 0. The maximum atomic E-state index is 10.2. The largest absolute Gasteiger partial charge is 1.00 e. The summed E-state index contributed by atoms with van der Waals surface area (Å²) < 4.78 is 32.8. The Bertz CT molecular complexity index is 585. The van der Waals surface area contributed by atoms with Crippen molar-refractivity contribution in [2.45, 2.75) is 174 Å². The minimum atomic E-state index is -4.92. The van der Waals surface area contributed by atoms with Crippen LogP contribution in [0.25, 0.3) is 0 Å².